The van der Waals surface area contributed by atoms with E-state index in [4.69, 9.17) is 11.6 Å². The van der Waals surface area contributed by atoms with Crippen molar-refractivity contribution in [3.8, 4) is 0 Å². The molecule has 1 unspecified atom stereocenters. The van der Waals surface area contributed by atoms with Crippen LogP contribution in [0.5, 0.6) is 0 Å². The highest BCUT2D eigenvalue weighted by molar-refractivity contribution is 7.99. The molecule has 0 saturated heterocycles. The summed E-state index contributed by atoms with van der Waals surface area (Å²) in [6.07, 6.45) is 1.05. The summed E-state index contributed by atoms with van der Waals surface area (Å²) in [4.78, 5) is 16.8. The predicted molar refractivity (Wildman–Crippen MR) is 97.6 cm³/mol. The lowest BCUT2D eigenvalue weighted by Crippen LogP contribution is -2.27. The van der Waals surface area contributed by atoms with E-state index in [1.165, 1.54) is 0 Å². The molecule has 24 heavy (non-hydrogen) atoms. The quantitative estimate of drug-likeness (QED) is 0.803. The van der Waals surface area contributed by atoms with E-state index < -0.39 is 0 Å². The Bertz CT molecular complexity index is 815. The third kappa shape index (κ3) is 3.21. The largest absolute Gasteiger partial charge is 0.328 e. The van der Waals surface area contributed by atoms with Gasteiger partial charge in [0.2, 0.25) is 11.1 Å². The van der Waals surface area contributed by atoms with Crippen LogP contribution < -0.4 is 5.32 Å². The lowest BCUT2D eigenvalue weighted by atomic mass is 9.93. The SMILES string of the molecule is CCCSc1nc2n(n1)C(c1cccc(Cl)c1)C(C(C)=O)=C(C)N2. The van der Waals surface area contributed by atoms with Crippen LogP contribution in [-0.2, 0) is 4.79 Å². The summed E-state index contributed by atoms with van der Waals surface area (Å²) in [5.41, 5.74) is 2.41. The molecule has 0 amide bonds. The van der Waals surface area contributed by atoms with Crippen LogP contribution in [0.3, 0.4) is 0 Å². The Balaban J connectivity index is 2.11. The number of aromatic nitrogens is 3. The van der Waals surface area contributed by atoms with E-state index in [-0.39, 0.29) is 11.8 Å². The van der Waals surface area contributed by atoms with Gasteiger partial charge in [-0.1, -0.05) is 42.4 Å². The molecule has 0 saturated carbocycles. The van der Waals surface area contributed by atoms with E-state index in [2.05, 4.69) is 22.3 Å². The van der Waals surface area contributed by atoms with Gasteiger partial charge in [-0.3, -0.25) is 4.79 Å². The topological polar surface area (TPSA) is 59.8 Å². The number of carbonyl (C=O) groups excluding carboxylic acids is 1. The molecule has 5 nitrogen and oxygen atoms in total. The maximum atomic E-state index is 12.3. The molecular formula is C17H19ClN4OS. The lowest BCUT2D eigenvalue weighted by molar-refractivity contribution is -0.114. The number of nitrogens with zero attached hydrogens (tertiary/aromatic N) is 3. The second kappa shape index (κ2) is 6.99. The molecule has 3 rings (SSSR count). The minimum absolute atomic E-state index is 0.00823. The summed E-state index contributed by atoms with van der Waals surface area (Å²) in [6.45, 7) is 5.59. The molecule has 1 atom stereocenters. The number of nitrogens with one attached hydrogen (secondary N) is 1. The number of carbonyl (C=O) groups is 1. The van der Waals surface area contributed by atoms with Crippen molar-refractivity contribution in [2.75, 3.05) is 11.1 Å². The summed E-state index contributed by atoms with van der Waals surface area (Å²) in [6, 6.07) is 7.22. The number of anilines is 1. The van der Waals surface area contributed by atoms with E-state index in [0.717, 1.165) is 23.4 Å². The number of ketones is 1. The maximum Gasteiger partial charge on any atom is 0.227 e. The minimum atomic E-state index is -0.319. The van der Waals surface area contributed by atoms with Crippen LogP contribution in [0.15, 0.2) is 40.7 Å². The van der Waals surface area contributed by atoms with Crippen LogP contribution in [0.4, 0.5) is 5.95 Å². The molecule has 126 valence electrons. The van der Waals surface area contributed by atoms with Gasteiger partial charge in [0.25, 0.3) is 0 Å². The van der Waals surface area contributed by atoms with Crippen LogP contribution in [-0.4, -0.2) is 26.3 Å². The van der Waals surface area contributed by atoms with Gasteiger partial charge in [-0.2, -0.15) is 4.98 Å². The van der Waals surface area contributed by atoms with Crippen molar-refractivity contribution in [3.63, 3.8) is 0 Å². The standard InChI is InChI=1S/C17H19ClN4OS/c1-4-8-24-17-20-16-19-10(2)14(11(3)23)15(22(16)21-17)12-6-5-7-13(18)9-12/h5-7,9,15H,4,8H2,1-3H3,(H,19,20,21). The molecule has 1 aliphatic rings. The first-order chi connectivity index (χ1) is 11.5. The lowest BCUT2D eigenvalue weighted by Gasteiger charge is -2.28. The Morgan fingerprint density at radius 3 is 2.92 bits per heavy atom. The molecule has 0 radical (unpaired) electrons. The van der Waals surface area contributed by atoms with E-state index in [1.54, 1.807) is 23.4 Å². The number of hydrogen-bond donors (Lipinski definition) is 1. The number of hydrogen-bond acceptors (Lipinski definition) is 5. The average molecular weight is 363 g/mol. The van der Waals surface area contributed by atoms with Gasteiger partial charge in [0.05, 0.1) is 0 Å². The molecule has 2 heterocycles. The van der Waals surface area contributed by atoms with Crippen molar-refractivity contribution >= 4 is 35.1 Å². The Kier molecular flexibility index (Phi) is 4.96. The highest BCUT2D eigenvalue weighted by Crippen LogP contribution is 2.37. The zero-order valence-corrected chi connectivity index (χ0v) is 15.4. The molecule has 0 spiro atoms. The first-order valence-electron chi connectivity index (χ1n) is 7.84. The molecule has 1 aliphatic heterocycles. The van der Waals surface area contributed by atoms with Crippen molar-refractivity contribution in [2.45, 2.75) is 38.4 Å². The zero-order valence-electron chi connectivity index (χ0n) is 13.8. The normalized spacial score (nSPS) is 16.8. The molecule has 0 fully saturated rings. The predicted octanol–water partition coefficient (Wildman–Crippen LogP) is 4.31. The van der Waals surface area contributed by atoms with Crippen LogP contribution in [0.25, 0.3) is 0 Å². The van der Waals surface area contributed by atoms with Crippen molar-refractivity contribution in [1.29, 1.82) is 0 Å². The number of halogens is 1. The molecule has 7 heteroatoms. The maximum absolute atomic E-state index is 12.3. The van der Waals surface area contributed by atoms with Gasteiger partial charge in [0, 0.05) is 22.0 Å². The van der Waals surface area contributed by atoms with E-state index >= 15 is 0 Å². The van der Waals surface area contributed by atoms with Crippen molar-refractivity contribution in [1.82, 2.24) is 14.8 Å². The molecule has 1 aromatic heterocycles. The zero-order chi connectivity index (χ0) is 17.3. The Morgan fingerprint density at radius 2 is 2.25 bits per heavy atom. The van der Waals surface area contributed by atoms with Gasteiger partial charge in [0.1, 0.15) is 6.04 Å². The summed E-state index contributed by atoms with van der Waals surface area (Å²) >= 11 is 7.78. The Hall–Kier alpha value is -1.79. The molecule has 2 aromatic rings. The first kappa shape index (κ1) is 17.0. The summed E-state index contributed by atoms with van der Waals surface area (Å²) < 4.78 is 1.79. The van der Waals surface area contributed by atoms with Gasteiger partial charge in [-0.05, 0) is 38.0 Å². The number of allylic oxidation sites excluding steroid dienone is 2. The second-order valence-corrected chi connectivity index (χ2v) is 7.19. The number of rotatable bonds is 5. The fraction of sp³-hybridized carbons (Fsp3) is 0.353. The smallest absolute Gasteiger partial charge is 0.227 e. The number of Topliss-reactive ketones (excluding diaryl/α,β-unsaturated/α-hetero) is 1. The van der Waals surface area contributed by atoms with E-state index in [9.17, 15) is 4.79 Å². The molecule has 0 bridgehead atoms. The van der Waals surface area contributed by atoms with Crippen molar-refractivity contribution in [2.24, 2.45) is 0 Å². The molecule has 0 aliphatic carbocycles. The number of benzene rings is 1. The fourth-order valence-corrected chi connectivity index (χ4v) is 3.71. The monoisotopic (exact) mass is 362 g/mol. The van der Waals surface area contributed by atoms with Crippen LogP contribution >= 0.6 is 23.4 Å². The van der Waals surface area contributed by atoms with Gasteiger partial charge in [0.15, 0.2) is 5.78 Å². The summed E-state index contributed by atoms with van der Waals surface area (Å²) in [5, 5.41) is 9.17. The van der Waals surface area contributed by atoms with Crippen LogP contribution in [0.1, 0.15) is 38.8 Å². The van der Waals surface area contributed by atoms with Gasteiger partial charge in [-0.25, -0.2) is 4.68 Å². The third-order valence-corrected chi connectivity index (χ3v) is 5.09. The van der Waals surface area contributed by atoms with Crippen LogP contribution in [0.2, 0.25) is 5.02 Å². The Morgan fingerprint density at radius 1 is 1.46 bits per heavy atom. The Labute approximate surface area is 150 Å². The van der Waals surface area contributed by atoms with Crippen molar-refractivity contribution < 1.29 is 4.79 Å². The average Bonchev–Trinajstić information content (AvgIpc) is 2.93. The van der Waals surface area contributed by atoms with E-state index in [1.807, 2.05) is 31.2 Å². The number of fused-ring (bicyclic) bond motifs is 1. The fourth-order valence-electron chi connectivity index (χ4n) is 2.83. The third-order valence-electron chi connectivity index (χ3n) is 3.81. The van der Waals surface area contributed by atoms with Gasteiger partial charge < -0.3 is 5.32 Å². The minimum Gasteiger partial charge on any atom is -0.328 e. The second-order valence-electron chi connectivity index (χ2n) is 5.69. The van der Waals surface area contributed by atoms with E-state index in [0.29, 0.717) is 21.7 Å². The molecular weight excluding hydrogens is 344 g/mol. The molecule has 1 N–H and O–H groups in total. The van der Waals surface area contributed by atoms with Gasteiger partial charge in [-0.15, -0.1) is 5.10 Å². The molecule has 1 aromatic carbocycles. The van der Waals surface area contributed by atoms with Crippen molar-refractivity contribution in [3.05, 3.63) is 46.1 Å². The first-order valence-corrected chi connectivity index (χ1v) is 9.21. The van der Waals surface area contributed by atoms with Gasteiger partial charge >= 0.3 is 0 Å². The summed E-state index contributed by atoms with van der Waals surface area (Å²) in [5.74, 6) is 1.62. The van der Waals surface area contributed by atoms with Crippen LogP contribution in [0, 0.1) is 0 Å². The number of thioether (sulfide) groups is 1. The highest BCUT2D eigenvalue weighted by atomic mass is 35.5. The summed E-state index contributed by atoms with van der Waals surface area (Å²) in [7, 11) is 0. The highest BCUT2D eigenvalue weighted by Gasteiger charge is 2.32.